The highest BCUT2D eigenvalue weighted by molar-refractivity contribution is 7.89. The third kappa shape index (κ3) is 5.49. The highest BCUT2D eigenvalue weighted by Crippen LogP contribution is 2.33. The number of carboxylic acids is 1. The van der Waals surface area contributed by atoms with Crippen molar-refractivity contribution in [2.45, 2.75) is 50.8 Å². The van der Waals surface area contributed by atoms with Gasteiger partial charge >= 0.3 is 5.97 Å². The number of hydrogen-bond donors (Lipinski definition) is 2. The van der Waals surface area contributed by atoms with Crippen LogP contribution in [0.15, 0.2) is 0 Å². The summed E-state index contributed by atoms with van der Waals surface area (Å²) < 4.78 is 31.6. The third-order valence-corrected chi connectivity index (χ3v) is 5.96. The highest BCUT2D eigenvalue weighted by Gasteiger charge is 2.38. The van der Waals surface area contributed by atoms with Crippen molar-refractivity contribution < 1.29 is 23.1 Å². The Morgan fingerprint density at radius 2 is 2.05 bits per heavy atom. The number of aliphatic carboxylic acids is 1. The van der Waals surface area contributed by atoms with Crippen LogP contribution in [0.4, 0.5) is 0 Å². The zero-order chi connectivity index (χ0) is 16.3. The molecule has 0 radical (unpaired) electrons. The molecule has 7 nitrogen and oxygen atoms in total. The summed E-state index contributed by atoms with van der Waals surface area (Å²) in [5, 5.41) is 9.00. The molecule has 0 aromatic rings. The lowest BCUT2D eigenvalue weighted by molar-refractivity contribution is -0.139. The number of sulfonamides is 1. The Morgan fingerprint density at radius 1 is 1.41 bits per heavy atom. The van der Waals surface area contributed by atoms with E-state index >= 15 is 0 Å². The van der Waals surface area contributed by atoms with Crippen molar-refractivity contribution >= 4 is 16.0 Å². The average Bonchev–Trinajstić information content (AvgIpc) is 3.15. The molecule has 0 heterocycles. The van der Waals surface area contributed by atoms with Crippen LogP contribution >= 0.6 is 0 Å². The molecule has 22 heavy (non-hydrogen) atoms. The Morgan fingerprint density at radius 3 is 2.55 bits per heavy atom. The van der Waals surface area contributed by atoms with Gasteiger partial charge in [-0.15, -0.1) is 0 Å². The number of nitrogens with zero attached hydrogens (tertiary/aromatic N) is 1. The standard InChI is InChI=1S/C14H26N2O5S/c1-10(21-2)9-22(19,20)15-12-5-13(6-12)16(8-14(17)18)7-11-3-4-11/h10-13,15H,3-9H2,1-2H3,(H,17,18). The number of nitrogens with one attached hydrogen (secondary N) is 1. The van der Waals surface area contributed by atoms with E-state index in [2.05, 4.69) is 4.72 Å². The Balaban J connectivity index is 1.78. The van der Waals surface area contributed by atoms with Gasteiger partial charge in [-0.1, -0.05) is 0 Å². The van der Waals surface area contributed by atoms with Crippen LogP contribution < -0.4 is 4.72 Å². The first-order valence-corrected chi connectivity index (χ1v) is 9.43. The molecule has 0 aromatic heterocycles. The van der Waals surface area contributed by atoms with Gasteiger partial charge in [-0.25, -0.2) is 13.1 Å². The Labute approximate surface area is 132 Å². The average molecular weight is 334 g/mol. The molecule has 128 valence electrons. The second kappa shape index (κ2) is 7.25. The molecule has 2 aliphatic carbocycles. The zero-order valence-corrected chi connectivity index (χ0v) is 14.0. The summed E-state index contributed by atoms with van der Waals surface area (Å²) in [6.45, 7) is 2.57. The number of carboxylic acid groups (broad SMARTS) is 1. The number of carbonyl (C=O) groups is 1. The quantitative estimate of drug-likeness (QED) is 0.595. The fourth-order valence-corrected chi connectivity index (χ4v) is 4.36. The van der Waals surface area contributed by atoms with E-state index in [1.54, 1.807) is 6.92 Å². The first-order valence-electron chi connectivity index (χ1n) is 7.77. The van der Waals surface area contributed by atoms with Gasteiger partial charge in [0.25, 0.3) is 0 Å². The molecule has 2 rings (SSSR count). The lowest BCUT2D eigenvalue weighted by atomic mass is 9.86. The van der Waals surface area contributed by atoms with Crippen molar-refractivity contribution in [1.82, 2.24) is 9.62 Å². The van der Waals surface area contributed by atoms with Crippen LogP contribution in [-0.4, -0.2) is 68.5 Å². The van der Waals surface area contributed by atoms with Gasteiger partial charge < -0.3 is 9.84 Å². The van der Waals surface area contributed by atoms with Gasteiger partial charge in [-0.2, -0.15) is 0 Å². The second-order valence-electron chi connectivity index (χ2n) is 6.53. The van der Waals surface area contributed by atoms with Crippen molar-refractivity contribution in [2.75, 3.05) is 26.0 Å². The minimum Gasteiger partial charge on any atom is -0.480 e. The van der Waals surface area contributed by atoms with Crippen molar-refractivity contribution in [3.63, 3.8) is 0 Å². The summed E-state index contributed by atoms with van der Waals surface area (Å²) >= 11 is 0. The van der Waals surface area contributed by atoms with E-state index in [-0.39, 0.29) is 30.5 Å². The molecule has 0 spiro atoms. The van der Waals surface area contributed by atoms with Crippen LogP contribution in [-0.2, 0) is 19.6 Å². The first kappa shape index (κ1) is 17.7. The summed E-state index contributed by atoms with van der Waals surface area (Å²) in [7, 11) is -1.86. The van der Waals surface area contributed by atoms with Crippen LogP contribution in [0.5, 0.6) is 0 Å². The molecule has 0 saturated heterocycles. The monoisotopic (exact) mass is 334 g/mol. The van der Waals surface area contributed by atoms with E-state index in [0.29, 0.717) is 18.8 Å². The molecule has 1 atom stereocenters. The van der Waals surface area contributed by atoms with E-state index in [0.717, 1.165) is 6.54 Å². The Kier molecular flexibility index (Phi) is 5.81. The minimum absolute atomic E-state index is 0.0430. The smallest absolute Gasteiger partial charge is 0.317 e. The molecule has 2 aliphatic rings. The fraction of sp³-hybridized carbons (Fsp3) is 0.929. The van der Waals surface area contributed by atoms with E-state index < -0.39 is 16.0 Å². The van der Waals surface area contributed by atoms with Crippen LogP contribution in [0.3, 0.4) is 0 Å². The van der Waals surface area contributed by atoms with Gasteiger partial charge in [0.05, 0.1) is 18.4 Å². The minimum atomic E-state index is -3.35. The maximum absolute atomic E-state index is 11.9. The summed E-state index contributed by atoms with van der Waals surface area (Å²) in [6.07, 6.45) is 3.37. The molecule has 0 amide bonds. The largest absolute Gasteiger partial charge is 0.480 e. The van der Waals surface area contributed by atoms with Gasteiger partial charge in [-0.05, 0) is 38.5 Å². The van der Waals surface area contributed by atoms with E-state index in [1.807, 2.05) is 4.90 Å². The molecule has 8 heteroatoms. The molecular formula is C14H26N2O5S. The lowest BCUT2D eigenvalue weighted by Gasteiger charge is -2.42. The number of methoxy groups -OCH3 is 1. The summed E-state index contributed by atoms with van der Waals surface area (Å²) in [6, 6.07) is 0.0822. The topological polar surface area (TPSA) is 95.9 Å². The normalized spacial score (nSPS) is 26.7. The first-order chi connectivity index (χ1) is 10.3. The summed E-state index contributed by atoms with van der Waals surface area (Å²) in [4.78, 5) is 12.9. The van der Waals surface area contributed by atoms with E-state index in [1.165, 1.54) is 20.0 Å². The maximum atomic E-state index is 11.9. The number of hydrogen-bond acceptors (Lipinski definition) is 5. The highest BCUT2D eigenvalue weighted by atomic mass is 32.2. The van der Waals surface area contributed by atoms with Crippen molar-refractivity contribution in [3.8, 4) is 0 Å². The van der Waals surface area contributed by atoms with E-state index in [9.17, 15) is 13.2 Å². The van der Waals surface area contributed by atoms with Crippen LogP contribution in [0.1, 0.15) is 32.6 Å². The molecule has 0 aromatic carbocycles. The van der Waals surface area contributed by atoms with E-state index in [4.69, 9.17) is 9.84 Å². The predicted octanol–water partition coefficient (Wildman–Crippen LogP) is 0.268. The number of rotatable bonds is 10. The summed E-state index contributed by atoms with van der Waals surface area (Å²) in [5.74, 6) is -0.248. The Bertz CT molecular complexity index is 485. The zero-order valence-electron chi connectivity index (χ0n) is 13.2. The van der Waals surface area contributed by atoms with Gasteiger partial charge in [0.2, 0.25) is 10.0 Å². The van der Waals surface area contributed by atoms with Crippen LogP contribution in [0, 0.1) is 5.92 Å². The summed E-state index contributed by atoms with van der Waals surface area (Å²) in [5.41, 5.74) is 0. The maximum Gasteiger partial charge on any atom is 0.317 e. The van der Waals surface area contributed by atoms with Gasteiger partial charge in [0, 0.05) is 25.7 Å². The van der Waals surface area contributed by atoms with Gasteiger partial charge in [-0.3, -0.25) is 9.69 Å². The van der Waals surface area contributed by atoms with Crippen LogP contribution in [0.2, 0.25) is 0 Å². The molecule has 2 fully saturated rings. The molecule has 2 N–H and O–H groups in total. The van der Waals surface area contributed by atoms with Crippen molar-refractivity contribution in [1.29, 1.82) is 0 Å². The third-order valence-electron chi connectivity index (χ3n) is 4.36. The molecular weight excluding hydrogens is 308 g/mol. The second-order valence-corrected chi connectivity index (χ2v) is 8.33. The van der Waals surface area contributed by atoms with Crippen molar-refractivity contribution in [3.05, 3.63) is 0 Å². The van der Waals surface area contributed by atoms with Crippen molar-refractivity contribution in [2.24, 2.45) is 5.92 Å². The number of ether oxygens (including phenoxy) is 1. The molecule has 0 aliphatic heterocycles. The Hall–Kier alpha value is -0.700. The molecule has 0 bridgehead atoms. The lowest BCUT2D eigenvalue weighted by Crippen LogP contribution is -2.55. The van der Waals surface area contributed by atoms with Gasteiger partial charge in [0.15, 0.2) is 0 Å². The van der Waals surface area contributed by atoms with Gasteiger partial charge in [0.1, 0.15) is 0 Å². The molecule has 1 unspecified atom stereocenters. The molecule has 2 saturated carbocycles. The predicted molar refractivity (Wildman–Crippen MR) is 82.1 cm³/mol. The fourth-order valence-electron chi connectivity index (χ4n) is 2.81. The SMILES string of the molecule is COC(C)CS(=O)(=O)NC1CC(N(CC(=O)O)CC2CC2)C1. The van der Waals surface area contributed by atoms with Crippen LogP contribution in [0.25, 0.3) is 0 Å².